The summed E-state index contributed by atoms with van der Waals surface area (Å²) in [7, 11) is 1.65. The molecule has 11 nitrogen and oxygen atoms in total. The van der Waals surface area contributed by atoms with Crippen LogP contribution in [-0.4, -0.2) is 54.9 Å². The fourth-order valence-corrected chi connectivity index (χ4v) is 3.18. The van der Waals surface area contributed by atoms with Crippen LogP contribution in [0.4, 0.5) is 5.69 Å². The van der Waals surface area contributed by atoms with Crippen LogP contribution in [-0.2, 0) is 13.6 Å². The predicted octanol–water partition coefficient (Wildman–Crippen LogP) is -0.389. The van der Waals surface area contributed by atoms with Crippen LogP contribution in [0.25, 0.3) is 0 Å². The number of carbonyl (C=O) groups is 1. The lowest BCUT2D eigenvalue weighted by Crippen LogP contribution is -2.36. The molecule has 162 valence electrons. The number of nitrogens with one attached hydrogen (secondary N) is 2. The molecule has 0 saturated carbocycles. The van der Waals surface area contributed by atoms with E-state index in [0.29, 0.717) is 11.3 Å². The lowest BCUT2D eigenvalue weighted by molar-refractivity contribution is 0.0829. The molecule has 1 amide bonds. The Kier molecular flexibility index (Phi) is 5.69. The van der Waals surface area contributed by atoms with Gasteiger partial charge in [0.25, 0.3) is 11.5 Å². The second-order valence-corrected chi connectivity index (χ2v) is 7.20. The number of β-amino-alcohol motifs (C(OH)–C–C–N with tert-alkyl or cyclic N) is 1. The quantitative estimate of drug-likeness (QED) is 0.381. The highest BCUT2D eigenvalue weighted by atomic mass is 16.5. The average molecular weight is 426 g/mol. The SMILES string of the molecule is Cn1cc2c(n1)C(=O)NCC(O)COc1ccc(=O)n(n1)Cc1cccc(c1)C(O)N2. The van der Waals surface area contributed by atoms with Crippen LogP contribution in [0.15, 0.2) is 47.4 Å². The Bertz CT molecular complexity index is 1160. The van der Waals surface area contributed by atoms with Crippen LogP contribution in [0.5, 0.6) is 5.88 Å². The number of carbonyl (C=O) groups excluding carboxylic acids is 1. The lowest BCUT2D eigenvalue weighted by Gasteiger charge is -2.15. The number of benzene rings is 1. The van der Waals surface area contributed by atoms with Gasteiger partial charge in [0, 0.05) is 37.5 Å². The minimum Gasteiger partial charge on any atom is -0.474 e. The maximum absolute atomic E-state index is 12.6. The molecule has 4 rings (SSSR count). The highest BCUT2D eigenvalue weighted by Gasteiger charge is 2.20. The third-order valence-corrected chi connectivity index (χ3v) is 4.70. The molecule has 0 spiro atoms. The van der Waals surface area contributed by atoms with Crippen molar-refractivity contribution >= 4 is 11.6 Å². The van der Waals surface area contributed by atoms with Gasteiger partial charge in [-0.25, -0.2) is 4.68 Å². The minimum atomic E-state index is -1.13. The maximum atomic E-state index is 12.6. The number of hydrogen-bond donors (Lipinski definition) is 4. The summed E-state index contributed by atoms with van der Waals surface area (Å²) in [5.41, 5.74) is 1.36. The van der Waals surface area contributed by atoms with Gasteiger partial charge in [0.1, 0.15) is 12.7 Å². The average Bonchev–Trinajstić information content (AvgIpc) is 3.12. The van der Waals surface area contributed by atoms with Gasteiger partial charge in [-0.3, -0.25) is 14.3 Å². The molecule has 0 saturated heterocycles. The van der Waals surface area contributed by atoms with Crippen molar-refractivity contribution in [1.29, 1.82) is 0 Å². The third kappa shape index (κ3) is 4.73. The van der Waals surface area contributed by atoms with Crippen molar-refractivity contribution in [3.63, 3.8) is 0 Å². The summed E-state index contributed by atoms with van der Waals surface area (Å²) in [6, 6.07) is 9.76. The van der Waals surface area contributed by atoms with Gasteiger partial charge in [0.2, 0.25) is 5.88 Å². The number of aryl methyl sites for hydroxylation is 1. The number of aliphatic hydroxyl groups is 2. The zero-order chi connectivity index (χ0) is 22.0. The van der Waals surface area contributed by atoms with E-state index in [9.17, 15) is 19.8 Å². The van der Waals surface area contributed by atoms with Crippen LogP contribution in [0, 0.1) is 0 Å². The minimum absolute atomic E-state index is 0.0787. The van der Waals surface area contributed by atoms with E-state index in [1.54, 1.807) is 37.5 Å². The molecule has 1 aromatic carbocycles. The molecular weight excluding hydrogens is 404 g/mol. The van der Waals surface area contributed by atoms with Crippen LogP contribution >= 0.6 is 0 Å². The van der Waals surface area contributed by atoms with E-state index in [1.807, 2.05) is 0 Å². The first kappa shape index (κ1) is 20.6. The van der Waals surface area contributed by atoms with E-state index >= 15 is 0 Å². The number of fused-ring (bicyclic) bond motifs is 5. The van der Waals surface area contributed by atoms with Crippen LogP contribution in [0.2, 0.25) is 0 Å². The largest absolute Gasteiger partial charge is 0.474 e. The van der Waals surface area contributed by atoms with E-state index in [1.165, 1.54) is 21.5 Å². The fourth-order valence-electron chi connectivity index (χ4n) is 3.18. The molecule has 1 aliphatic rings. The topological polar surface area (TPSA) is 144 Å². The molecule has 1 aliphatic heterocycles. The number of aromatic nitrogens is 4. The van der Waals surface area contributed by atoms with Gasteiger partial charge in [-0.05, 0) is 11.6 Å². The number of nitrogens with zero attached hydrogens (tertiary/aromatic N) is 4. The second-order valence-electron chi connectivity index (χ2n) is 7.20. The normalized spacial score (nSPS) is 19.4. The standard InChI is InChI=1S/C20H22N6O5/c1-25-10-15-18(24-25)20(30)21-8-14(27)11-31-16-5-6-17(28)26(23-16)9-12-3-2-4-13(7-12)19(29)22-15/h2-7,10,14,19,22,27,29H,8-9,11H2,1H3,(H,21,30). The van der Waals surface area contributed by atoms with Crippen molar-refractivity contribution in [3.8, 4) is 5.88 Å². The number of hydrogen-bond acceptors (Lipinski definition) is 8. The number of aliphatic hydroxyl groups excluding tert-OH is 2. The van der Waals surface area contributed by atoms with E-state index in [4.69, 9.17) is 4.74 Å². The molecule has 4 bridgehead atoms. The molecule has 0 aliphatic carbocycles. The summed E-state index contributed by atoms with van der Waals surface area (Å²) >= 11 is 0. The molecule has 2 unspecified atom stereocenters. The highest BCUT2D eigenvalue weighted by molar-refractivity contribution is 5.97. The van der Waals surface area contributed by atoms with Gasteiger partial charge in [-0.1, -0.05) is 18.2 Å². The Morgan fingerprint density at radius 2 is 2.00 bits per heavy atom. The number of amides is 1. The van der Waals surface area contributed by atoms with Crippen LogP contribution in [0.1, 0.15) is 27.8 Å². The second kappa shape index (κ2) is 8.58. The van der Waals surface area contributed by atoms with Crippen molar-refractivity contribution in [1.82, 2.24) is 24.9 Å². The Morgan fingerprint density at radius 1 is 1.16 bits per heavy atom. The highest BCUT2D eigenvalue weighted by Crippen LogP contribution is 2.21. The Morgan fingerprint density at radius 3 is 2.84 bits per heavy atom. The van der Waals surface area contributed by atoms with Crippen LogP contribution < -0.4 is 20.9 Å². The Balaban J connectivity index is 1.71. The van der Waals surface area contributed by atoms with Gasteiger partial charge >= 0.3 is 0 Å². The first-order chi connectivity index (χ1) is 14.9. The van der Waals surface area contributed by atoms with Crippen molar-refractivity contribution in [2.24, 2.45) is 7.05 Å². The maximum Gasteiger partial charge on any atom is 0.274 e. The summed E-state index contributed by atoms with van der Waals surface area (Å²) in [4.78, 5) is 24.8. The van der Waals surface area contributed by atoms with Crippen molar-refractivity contribution in [2.75, 3.05) is 18.5 Å². The number of anilines is 1. The van der Waals surface area contributed by atoms with E-state index in [-0.39, 0.29) is 36.8 Å². The van der Waals surface area contributed by atoms with Gasteiger partial charge < -0.3 is 25.6 Å². The monoisotopic (exact) mass is 426 g/mol. The zero-order valence-corrected chi connectivity index (χ0v) is 16.7. The molecule has 0 radical (unpaired) electrons. The molecule has 4 N–H and O–H groups in total. The number of rotatable bonds is 0. The smallest absolute Gasteiger partial charge is 0.274 e. The van der Waals surface area contributed by atoms with Gasteiger partial charge in [-0.15, -0.1) is 5.10 Å². The summed E-state index contributed by atoms with van der Waals surface area (Å²) in [6.07, 6.45) is -0.566. The Hall–Kier alpha value is -3.70. The Labute approximate surface area is 176 Å². The lowest BCUT2D eigenvalue weighted by atomic mass is 10.1. The van der Waals surface area contributed by atoms with E-state index in [2.05, 4.69) is 20.8 Å². The van der Waals surface area contributed by atoms with E-state index in [0.717, 1.165) is 5.56 Å². The third-order valence-electron chi connectivity index (χ3n) is 4.70. The molecule has 0 fully saturated rings. The number of ether oxygens (including phenoxy) is 1. The molecule has 2 aromatic heterocycles. The molecule has 3 aromatic rings. The summed E-state index contributed by atoms with van der Waals surface area (Å²) in [5, 5.41) is 34.6. The fraction of sp³-hybridized carbons (Fsp3) is 0.300. The summed E-state index contributed by atoms with van der Waals surface area (Å²) in [6.45, 7) is -0.0534. The molecule has 31 heavy (non-hydrogen) atoms. The molecule has 11 heteroatoms. The summed E-state index contributed by atoms with van der Waals surface area (Å²) in [5.74, 6) is -0.349. The summed E-state index contributed by atoms with van der Waals surface area (Å²) < 4.78 is 8.16. The van der Waals surface area contributed by atoms with Crippen molar-refractivity contribution in [3.05, 3.63) is 69.8 Å². The first-order valence-corrected chi connectivity index (χ1v) is 9.63. The first-order valence-electron chi connectivity index (χ1n) is 9.63. The zero-order valence-electron chi connectivity index (χ0n) is 16.7. The van der Waals surface area contributed by atoms with E-state index < -0.39 is 18.2 Å². The molecule has 3 heterocycles. The van der Waals surface area contributed by atoms with Gasteiger partial charge in [0.15, 0.2) is 11.9 Å². The van der Waals surface area contributed by atoms with Crippen molar-refractivity contribution < 1.29 is 19.7 Å². The van der Waals surface area contributed by atoms with Crippen molar-refractivity contribution in [2.45, 2.75) is 18.9 Å². The predicted molar refractivity (Wildman–Crippen MR) is 110 cm³/mol. The molecule has 2 atom stereocenters. The van der Waals surface area contributed by atoms with Crippen LogP contribution in [0.3, 0.4) is 0 Å². The van der Waals surface area contributed by atoms with Gasteiger partial charge in [-0.2, -0.15) is 5.10 Å². The van der Waals surface area contributed by atoms with Gasteiger partial charge in [0.05, 0.1) is 12.2 Å². The molecular formula is C20H22N6O5.